The Labute approximate surface area is 94.2 Å². The second-order valence-electron chi connectivity index (χ2n) is 5.36. The molecule has 1 heterocycles. The van der Waals surface area contributed by atoms with Crippen LogP contribution in [0.15, 0.2) is 0 Å². The van der Waals surface area contributed by atoms with Gasteiger partial charge in [0.1, 0.15) is 0 Å². The highest BCUT2D eigenvalue weighted by Gasteiger charge is 2.23. The molecule has 0 spiro atoms. The second-order valence-corrected chi connectivity index (χ2v) is 5.36. The van der Waals surface area contributed by atoms with Crippen molar-refractivity contribution >= 4 is 0 Å². The topological polar surface area (TPSA) is 24.5 Å². The maximum Gasteiger partial charge on any atom is 0.0596 e. The molecule has 0 bridgehead atoms. The Morgan fingerprint density at radius 2 is 2.13 bits per heavy atom. The molecule has 0 atom stereocenters. The average molecular weight is 214 g/mol. The third kappa shape index (κ3) is 5.50. The second kappa shape index (κ2) is 5.83. The SMILES string of the molecule is CC(C)OCCN1CCCNC(C)(C)C1. The number of hydrogen-bond donors (Lipinski definition) is 1. The number of hydrogen-bond acceptors (Lipinski definition) is 3. The molecule has 0 aromatic carbocycles. The Bertz CT molecular complexity index is 180. The van der Waals surface area contributed by atoms with E-state index in [0.717, 1.165) is 26.2 Å². The summed E-state index contributed by atoms with van der Waals surface area (Å²) < 4.78 is 5.59. The van der Waals surface area contributed by atoms with Crippen LogP contribution >= 0.6 is 0 Å². The first-order valence-corrected chi connectivity index (χ1v) is 6.08. The molecule has 90 valence electrons. The molecule has 15 heavy (non-hydrogen) atoms. The van der Waals surface area contributed by atoms with Gasteiger partial charge >= 0.3 is 0 Å². The summed E-state index contributed by atoms with van der Waals surface area (Å²) >= 11 is 0. The Hall–Kier alpha value is -0.120. The molecule has 1 fully saturated rings. The van der Waals surface area contributed by atoms with Crippen LogP contribution in [0.2, 0.25) is 0 Å². The van der Waals surface area contributed by atoms with Crippen molar-refractivity contribution in [3.63, 3.8) is 0 Å². The normalized spacial score (nSPS) is 23.0. The molecular formula is C12H26N2O. The summed E-state index contributed by atoms with van der Waals surface area (Å²) in [5.74, 6) is 0. The highest BCUT2D eigenvalue weighted by molar-refractivity contribution is 4.84. The summed E-state index contributed by atoms with van der Waals surface area (Å²) in [6.07, 6.45) is 1.59. The minimum absolute atomic E-state index is 0.244. The lowest BCUT2D eigenvalue weighted by molar-refractivity contribution is 0.0564. The van der Waals surface area contributed by atoms with Crippen LogP contribution in [-0.4, -0.2) is 49.3 Å². The maximum atomic E-state index is 5.59. The van der Waals surface area contributed by atoms with Crippen molar-refractivity contribution in [3.05, 3.63) is 0 Å². The van der Waals surface area contributed by atoms with Gasteiger partial charge in [-0.15, -0.1) is 0 Å². The van der Waals surface area contributed by atoms with E-state index in [-0.39, 0.29) is 5.54 Å². The quantitative estimate of drug-likeness (QED) is 0.767. The Morgan fingerprint density at radius 3 is 2.80 bits per heavy atom. The Morgan fingerprint density at radius 1 is 1.40 bits per heavy atom. The van der Waals surface area contributed by atoms with Crippen LogP contribution in [-0.2, 0) is 4.74 Å². The lowest BCUT2D eigenvalue weighted by atomic mass is 10.1. The van der Waals surface area contributed by atoms with Gasteiger partial charge < -0.3 is 10.1 Å². The van der Waals surface area contributed by atoms with Gasteiger partial charge in [0.05, 0.1) is 12.7 Å². The molecule has 1 aliphatic rings. The van der Waals surface area contributed by atoms with Gasteiger partial charge in [0.2, 0.25) is 0 Å². The molecule has 1 saturated heterocycles. The molecule has 0 radical (unpaired) electrons. The molecule has 1 rings (SSSR count). The maximum absolute atomic E-state index is 5.59. The van der Waals surface area contributed by atoms with E-state index < -0.39 is 0 Å². The van der Waals surface area contributed by atoms with E-state index in [9.17, 15) is 0 Å². The number of nitrogens with zero attached hydrogens (tertiary/aromatic N) is 1. The number of ether oxygens (including phenoxy) is 1. The summed E-state index contributed by atoms with van der Waals surface area (Å²) in [4.78, 5) is 2.50. The molecular weight excluding hydrogens is 188 g/mol. The van der Waals surface area contributed by atoms with Gasteiger partial charge in [0.15, 0.2) is 0 Å². The fraction of sp³-hybridized carbons (Fsp3) is 1.00. The summed E-state index contributed by atoms with van der Waals surface area (Å²) in [6.45, 7) is 14.1. The molecule has 3 nitrogen and oxygen atoms in total. The first-order chi connectivity index (χ1) is 6.99. The molecule has 1 aliphatic heterocycles. The van der Waals surface area contributed by atoms with E-state index in [1.54, 1.807) is 0 Å². The highest BCUT2D eigenvalue weighted by atomic mass is 16.5. The van der Waals surface area contributed by atoms with E-state index in [1.165, 1.54) is 13.0 Å². The van der Waals surface area contributed by atoms with Crippen LogP contribution in [0.1, 0.15) is 34.1 Å². The lowest BCUT2D eigenvalue weighted by Gasteiger charge is -2.30. The van der Waals surface area contributed by atoms with Crippen LogP contribution < -0.4 is 5.32 Å². The van der Waals surface area contributed by atoms with Crippen molar-refractivity contribution in [1.82, 2.24) is 10.2 Å². The Balaban J connectivity index is 2.27. The molecule has 0 unspecified atom stereocenters. The minimum Gasteiger partial charge on any atom is -0.377 e. The molecule has 0 aliphatic carbocycles. The summed E-state index contributed by atoms with van der Waals surface area (Å²) in [7, 11) is 0. The minimum atomic E-state index is 0.244. The van der Waals surface area contributed by atoms with E-state index in [1.807, 2.05) is 0 Å². The highest BCUT2D eigenvalue weighted by Crippen LogP contribution is 2.09. The van der Waals surface area contributed by atoms with Gasteiger partial charge in [-0.3, -0.25) is 4.90 Å². The Kier molecular flexibility index (Phi) is 5.03. The largest absolute Gasteiger partial charge is 0.377 e. The van der Waals surface area contributed by atoms with Crippen molar-refractivity contribution in [2.45, 2.75) is 45.8 Å². The monoisotopic (exact) mass is 214 g/mol. The lowest BCUT2D eigenvalue weighted by Crippen LogP contribution is -2.47. The van der Waals surface area contributed by atoms with Crippen molar-refractivity contribution in [2.75, 3.05) is 32.8 Å². The van der Waals surface area contributed by atoms with Crippen molar-refractivity contribution in [2.24, 2.45) is 0 Å². The van der Waals surface area contributed by atoms with E-state index >= 15 is 0 Å². The van der Waals surface area contributed by atoms with Crippen molar-refractivity contribution in [1.29, 1.82) is 0 Å². The van der Waals surface area contributed by atoms with Gasteiger partial charge in [-0.2, -0.15) is 0 Å². The molecule has 1 N–H and O–H groups in total. The number of rotatable bonds is 4. The van der Waals surface area contributed by atoms with Crippen molar-refractivity contribution < 1.29 is 4.74 Å². The van der Waals surface area contributed by atoms with Crippen LogP contribution in [0.5, 0.6) is 0 Å². The first kappa shape index (κ1) is 12.9. The predicted octanol–water partition coefficient (Wildman–Crippen LogP) is 1.49. The van der Waals surface area contributed by atoms with Gasteiger partial charge in [-0.1, -0.05) is 0 Å². The molecule has 0 saturated carbocycles. The van der Waals surface area contributed by atoms with Crippen LogP contribution in [0.4, 0.5) is 0 Å². The van der Waals surface area contributed by atoms with Crippen LogP contribution in [0, 0.1) is 0 Å². The van der Waals surface area contributed by atoms with Crippen molar-refractivity contribution in [3.8, 4) is 0 Å². The fourth-order valence-corrected chi connectivity index (χ4v) is 2.03. The van der Waals surface area contributed by atoms with Gasteiger partial charge in [-0.05, 0) is 47.2 Å². The first-order valence-electron chi connectivity index (χ1n) is 6.08. The fourth-order valence-electron chi connectivity index (χ4n) is 2.03. The zero-order chi connectivity index (χ0) is 11.3. The van der Waals surface area contributed by atoms with Gasteiger partial charge in [0, 0.05) is 18.6 Å². The van der Waals surface area contributed by atoms with E-state index in [4.69, 9.17) is 4.74 Å². The zero-order valence-corrected chi connectivity index (χ0v) is 10.7. The van der Waals surface area contributed by atoms with Crippen LogP contribution in [0.3, 0.4) is 0 Å². The number of nitrogens with one attached hydrogen (secondary N) is 1. The summed E-state index contributed by atoms with van der Waals surface area (Å²) in [5.41, 5.74) is 0.244. The molecule has 0 aromatic rings. The predicted molar refractivity (Wildman–Crippen MR) is 64.2 cm³/mol. The van der Waals surface area contributed by atoms with Gasteiger partial charge in [-0.25, -0.2) is 0 Å². The average Bonchev–Trinajstić information content (AvgIpc) is 2.26. The van der Waals surface area contributed by atoms with E-state index in [0.29, 0.717) is 6.10 Å². The summed E-state index contributed by atoms with van der Waals surface area (Å²) in [5, 5.41) is 3.57. The van der Waals surface area contributed by atoms with Crippen LogP contribution in [0.25, 0.3) is 0 Å². The van der Waals surface area contributed by atoms with Gasteiger partial charge in [0.25, 0.3) is 0 Å². The smallest absolute Gasteiger partial charge is 0.0596 e. The third-order valence-corrected chi connectivity index (χ3v) is 2.73. The third-order valence-electron chi connectivity index (χ3n) is 2.73. The molecule has 0 amide bonds. The summed E-state index contributed by atoms with van der Waals surface area (Å²) in [6, 6.07) is 0. The molecule has 0 aromatic heterocycles. The molecule has 3 heteroatoms. The zero-order valence-electron chi connectivity index (χ0n) is 10.7. The van der Waals surface area contributed by atoms with E-state index in [2.05, 4.69) is 37.9 Å². The standard InChI is InChI=1S/C12H26N2O/c1-11(2)15-9-8-14-7-5-6-13-12(3,4)10-14/h11,13H,5-10H2,1-4H3.